The summed E-state index contributed by atoms with van der Waals surface area (Å²) < 4.78 is 68.9. The number of carbonyl (C=O) groups is 1. The van der Waals surface area contributed by atoms with Crippen LogP contribution < -0.4 is 15.0 Å². The van der Waals surface area contributed by atoms with Gasteiger partial charge < -0.3 is 10.1 Å². The summed E-state index contributed by atoms with van der Waals surface area (Å²) in [5.41, 5.74) is 1.24. The number of amides is 1. The molecule has 0 aromatic heterocycles. The van der Waals surface area contributed by atoms with Gasteiger partial charge in [0.05, 0.1) is 22.9 Å². The van der Waals surface area contributed by atoms with Crippen molar-refractivity contribution in [3.8, 4) is 11.8 Å². The van der Waals surface area contributed by atoms with Gasteiger partial charge in [-0.2, -0.15) is 5.26 Å². The highest BCUT2D eigenvalue weighted by molar-refractivity contribution is 6.13. The van der Waals surface area contributed by atoms with E-state index in [0.29, 0.717) is 60.5 Å². The first-order chi connectivity index (χ1) is 18.1. The molecule has 6 nitrogen and oxygen atoms in total. The van der Waals surface area contributed by atoms with Crippen LogP contribution in [0, 0.1) is 23.0 Å². The number of anilines is 2. The van der Waals surface area contributed by atoms with Crippen molar-refractivity contribution in [2.75, 3.05) is 23.3 Å². The highest BCUT2D eigenvalue weighted by Gasteiger charge is 2.47. The lowest BCUT2D eigenvalue weighted by Crippen LogP contribution is -2.64. The number of rotatable bonds is 4. The van der Waals surface area contributed by atoms with E-state index in [9.17, 15) is 32.0 Å². The number of ether oxygens (including phenoxy) is 1. The summed E-state index contributed by atoms with van der Waals surface area (Å²) in [6, 6.07) is 15.6. The van der Waals surface area contributed by atoms with Crippen LogP contribution >= 0.6 is 0 Å². The van der Waals surface area contributed by atoms with Gasteiger partial charge in [0.1, 0.15) is 11.4 Å². The van der Waals surface area contributed by atoms with E-state index in [2.05, 4.69) is 16.1 Å². The highest BCUT2D eigenvalue weighted by atomic mass is 19.4. The maximum Gasteiger partial charge on any atom is 0.573 e. The number of nitrogens with zero attached hydrogens (tertiary/aromatic N) is 3. The zero-order valence-electron chi connectivity index (χ0n) is 19.9. The predicted molar refractivity (Wildman–Crippen MR) is 128 cm³/mol. The van der Waals surface area contributed by atoms with Crippen LogP contribution in [0.15, 0.2) is 60.7 Å². The van der Waals surface area contributed by atoms with Gasteiger partial charge in [0.2, 0.25) is 0 Å². The second kappa shape index (κ2) is 9.61. The Morgan fingerprint density at radius 2 is 1.68 bits per heavy atom. The number of piperidine rings is 1. The molecule has 0 radical (unpaired) electrons. The lowest BCUT2D eigenvalue weighted by Gasteiger charge is -2.52. The number of likely N-dealkylation sites (tertiary alicyclic amines) is 1. The molecule has 1 N–H and O–H groups in total. The van der Waals surface area contributed by atoms with E-state index in [-0.39, 0.29) is 5.91 Å². The van der Waals surface area contributed by atoms with E-state index >= 15 is 0 Å². The molecule has 0 atom stereocenters. The minimum Gasteiger partial charge on any atom is -0.406 e. The molecule has 38 heavy (non-hydrogen) atoms. The van der Waals surface area contributed by atoms with Crippen molar-refractivity contribution in [2.45, 2.75) is 31.4 Å². The quantitative estimate of drug-likeness (QED) is 0.434. The molecule has 0 saturated carbocycles. The van der Waals surface area contributed by atoms with Gasteiger partial charge in [-0.05, 0) is 60.2 Å². The third-order valence-electron chi connectivity index (χ3n) is 6.78. The van der Waals surface area contributed by atoms with E-state index in [4.69, 9.17) is 0 Å². The summed E-state index contributed by atoms with van der Waals surface area (Å²) >= 11 is 0. The molecule has 0 bridgehead atoms. The summed E-state index contributed by atoms with van der Waals surface area (Å²) in [4.78, 5) is 17.3. The monoisotopic (exact) mass is 528 g/mol. The molecule has 2 aliphatic heterocycles. The van der Waals surface area contributed by atoms with Gasteiger partial charge >= 0.3 is 6.36 Å². The van der Waals surface area contributed by atoms with E-state index < -0.39 is 29.4 Å². The minimum atomic E-state index is -4.84. The smallest absolute Gasteiger partial charge is 0.406 e. The van der Waals surface area contributed by atoms with Gasteiger partial charge in [0.25, 0.3) is 5.91 Å². The van der Waals surface area contributed by atoms with Crippen LogP contribution in [0.1, 0.15) is 34.3 Å². The summed E-state index contributed by atoms with van der Waals surface area (Å²) in [7, 11) is 0. The van der Waals surface area contributed by atoms with Gasteiger partial charge in [-0.15, -0.1) is 13.2 Å². The van der Waals surface area contributed by atoms with E-state index in [0.717, 1.165) is 24.3 Å². The van der Waals surface area contributed by atoms with Crippen molar-refractivity contribution in [1.82, 2.24) is 4.90 Å². The first-order valence-corrected chi connectivity index (χ1v) is 11.8. The van der Waals surface area contributed by atoms with E-state index in [1.807, 2.05) is 4.90 Å². The second-order valence-electron chi connectivity index (χ2n) is 9.24. The topological polar surface area (TPSA) is 68.6 Å². The van der Waals surface area contributed by atoms with Gasteiger partial charge in [0, 0.05) is 38.2 Å². The third-order valence-corrected chi connectivity index (χ3v) is 6.78. The normalized spacial score (nSPS) is 17.1. The molecule has 0 aliphatic carbocycles. The number of nitriles is 1. The Balaban J connectivity index is 1.45. The zero-order chi connectivity index (χ0) is 27.1. The number of fused-ring (bicyclic) bond motifs is 1. The number of hydrogen-bond acceptors (Lipinski definition) is 5. The molecule has 2 aliphatic rings. The molecule has 196 valence electrons. The van der Waals surface area contributed by atoms with Crippen LogP contribution in [0.5, 0.6) is 5.75 Å². The Hall–Kier alpha value is -4.17. The first-order valence-electron chi connectivity index (χ1n) is 11.8. The standard InChI is InChI=1S/C27H21F5N4O2/c28-22-8-2-18(13-23(22)29)16-35-11-9-26(10-12-35)34-24-14-17(15-33)1-7-21(24)25(37)36(26)19-3-5-20(6-4-19)38-27(30,31)32/h1-8,13-14,34H,9-12,16H2. The summed E-state index contributed by atoms with van der Waals surface area (Å²) in [5, 5.41) is 12.8. The second-order valence-corrected chi connectivity index (χ2v) is 9.24. The van der Waals surface area contributed by atoms with Crippen molar-refractivity contribution in [1.29, 1.82) is 5.26 Å². The van der Waals surface area contributed by atoms with Gasteiger partial charge in [0.15, 0.2) is 11.6 Å². The molecule has 1 spiro atoms. The van der Waals surface area contributed by atoms with Crippen LogP contribution in [0.25, 0.3) is 0 Å². The fourth-order valence-corrected chi connectivity index (χ4v) is 5.01. The van der Waals surface area contributed by atoms with Gasteiger partial charge in [-0.25, -0.2) is 8.78 Å². The molecule has 3 aromatic carbocycles. The Kier molecular flexibility index (Phi) is 6.44. The maximum atomic E-state index is 13.7. The lowest BCUT2D eigenvalue weighted by molar-refractivity contribution is -0.274. The molecule has 1 fully saturated rings. The molecule has 2 heterocycles. The van der Waals surface area contributed by atoms with Gasteiger partial charge in [-0.1, -0.05) is 6.07 Å². The number of benzene rings is 3. The zero-order valence-corrected chi connectivity index (χ0v) is 19.9. The Labute approximate surface area is 214 Å². The molecular formula is C27H21F5N4O2. The summed E-state index contributed by atoms with van der Waals surface area (Å²) in [6.45, 7) is 1.34. The lowest BCUT2D eigenvalue weighted by atomic mass is 9.88. The third kappa shape index (κ3) is 4.99. The highest BCUT2D eigenvalue weighted by Crippen LogP contribution is 2.42. The Morgan fingerprint density at radius 3 is 2.32 bits per heavy atom. The summed E-state index contributed by atoms with van der Waals surface area (Å²) in [5.74, 6) is -2.62. The van der Waals surface area contributed by atoms with Crippen LogP contribution in [0.3, 0.4) is 0 Å². The fraction of sp³-hybridized carbons (Fsp3) is 0.259. The van der Waals surface area contributed by atoms with Crippen LogP contribution in [0.2, 0.25) is 0 Å². The van der Waals surface area contributed by atoms with Crippen molar-refractivity contribution < 1.29 is 31.5 Å². The van der Waals surface area contributed by atoms with Gasteiger partial charge in [-0.3, -0.25) is 14.6 Å². The van der Waals surface area contributed by atoms with Crippen LogP contribution in [-0.2, 0) is 6.54 Å². The van der Waals surface area contributed by atoms with Crippen molar-refractivity contribution in [3.63, 3.8) is 0 Å². The molecule has 5 rings (SSSR count). The van der Waals surface area contributed by atoms with Crippen molar-refractivity contribution in [3.05, 3.63) is 89.0 Å². The molecular weight excluding hydrogens is 507 g/mol. The molecule has 3 aromatic rings. The number of hydrogen-bond donors (Lipinski definition) is 1. The number of carbonyl (C=O) groups excluding carboxylic acids is 1. The Morgan fingerprint density at radius 1 is 0.974 bits per heavy atom. The Bertz CT molecular complexity index is 1410. The average molecular weight is 528 g/mol. The maximum absolute atomic E-state index is 13.7. The van der Waals surface area contributed by atoms with Crippen LogP contribution in [-0.4, -0.2) is 35.9 Å². The molecule has 1 amide bonds. The first kappa shape index (κ1) is 25.5. The largest absolute Gasteiger partial charge is 0.573 e. The molecule has 11 heteroatoms. The number of halogens is 5. The average Bonchev–Trinajstić information content (AvgIpc) is 2.87. The van der Waals surface area contributed by atoms with Crippen LogP contribution in [0.4, 0.5) is 33.3 Å². The molecule has 1 saturated heterocycles. The number of nitrogens with one attached hydrogen (secondary N) is 1. The van der Waals surface area contributed by atoms with E-state index in [1.165, 1.54) is 29.2 Å². The minimum absolute atomic E-state index is 0.328. The molecule has 0 unspecified atom stereocenters. The van der Waals surface area contributed by atoms with Crippen molar-refractivity contribution >= 4 is 17.3 Å². The van der Waals surface area contributed by atoms with E-state index in [1.54, 1.807) is 12.1 Å². The number of alkyl halides is 3. The van der Waals surface area contributed by atoms with Crippen molar-refractivity contribution in [2.24, 2.45) is 0 Å². The fourth-order valence-electron chi connectivity index (χ4n) is 5.01. The predicted octanol–water partition coefficient (Wildman–Crippen LogP) is 5.80. The summed E-state index contributed by atoms with van der Waals surface area (Å²) in [6.07, 6.45) is -4.01. The SMILES string of the molecule is N#Cc1ccc2c(c1)NC1(CCN(Cc3ccc(F)c(F)c3)CC1)N(c1ccc(OC(F)(F)F)cc1)C2=O.